The van der Waals surface area contributed by atoms with Crippen LogP contribution in [-0.4, -0.2) is 19.3 Å². The van der Waals surface area contributed by atoms with Crippen LogP contribution in [0.15, 0.2) is 30.3 Å². The Labute approximate surface area is 177 Å². The monoisotopic (exact) mass is 420 g/mol. The van der Waals surface area contributed by atoms with Crippen LogP contribution in [0, 0.1) is 17.5 Å². The van der Waals surface area contributed by atoms with Crippen LogP contribution in [0.2, 0.25) is 0 Å². The molecule has 0 saturated carbocycles. The second-order valence-electron chi connectivity index (χ2n) is 7.92. The summed E-state index contributed by atoms with van der Waals surface area (Å²) in [6.07, 6.45) is 5.70. The summed E-state index contributed by atoms with van der Waals surface area (Å²) in [5.41, 5.74) is 1.23. The molecular formula is C25H31F3O2. The molecule has 1 fully saturated rings. The lowest BCUT2D eigenvalue weighted by Crippen LogP contribution is -2.27. The summed E-state index contributed by atoms with van der Waals surface area (Å²) in [5.74, 6) is -2.20. The molecule has 30 heavy (non-hydrogen) atoms. The zero-order valence-electron chi connectivity index (χ0n) is 17.9. The molecule has 2 nitrogen and oxygen atoms in total. The molecule has 2 aromatic rings. The molecule has 1 heterocycles. The molecular weight excluding hydrogens is 389 g/mol. The number of hydrogen-bond donors (Lipinski definition) is 0. The van der Waals surface area contributed by atoms with E-state index >= 15 is 0 Å². The minimum atomic E-state index is -0.913. The number of ether oxygens (including phenoxy) is 2. The van der Waals surface area contributed by atoms with Gasteiger partial charge in [0, 0.05) is 17.7 Å². The maximum Gasteiger partial charge on any atom is 0.166 e. The molecule has 0 bridgehead atoms. The molecule has 5 heteroatoms. The van der Waals surface area contributed by atoms with Gasteiger partial charge in [0.25, 0.3) is 0 Å². The van der Waals surface area contributed by atoms with E-state index in [0.29, 0.717) is 42.7 Å². The summed E-state index contributed by atoms with van der Waals surface area (Å²) in [5, 5.41) is 0. The maximum atomic E-state index is 14.8. The topological polar surface area (TPSA) is 18.5 Å². The van der Waals surface area contributed by atoms with Gasteiger partial charge in [-0.15, -0.1) is 0 Å². The molecule has 2 unspecified atom stereocenters. The van der Waals surface area contributed by atoms with Crippen LogP contribution in [0.25, 0.3) is 11.1 Å². The lowest BCUT2D eigenvalue weighted by Gasteiger charge is -2.29. The number of halogens is 3. The van der Waals surface area contributed by atoms with Crippen LogP contribution in [-0.2, 0) is 15.9 Å². The van der Waals surface area contributed by atoms with Crippen molar-refractivity contribution in [2.75, 3.05) is 13.2 Å². The third-order valence-corrected chi connectivity index (χ3v) is 5.76. The Morgan fingerprint density at radius 2 is 1.80 bits per heavy atom. The van der Waals surface area contributed by atoms with Crippen molar-refractivity contribution in [2.24, 2.45) is 0 Å². The Kier molecular flexibility index (Phi) is 8.34. The highest BCUT2D eigenvalue weighted by Gasteiger charge is 2.26. The van der Waals surface area contributed by atoms with Gasteiger partial charge < -0.3 is 9.47 Å². The van der Waals surface area contributed by atoms with E-state index in [4.69, 9.17) is 9.47 Å². The second-order valence-corrected chi connectivity index (χ2v) is 7.92. The van der Waals surface area contributed by atoms with Gasteiger partial charge in [-0.1, -0.05) is 50.5 Å². The van der Waals surface area contributed by atoms with Crippen molar-refractivity contribution in [3.63, 3.8) is 0 Å². The Hall–Kier alpha value is -1.85. The maximum absolute atomic E-state index is 14.8. The highest BCUT2D eigenvalue weighted by atomic mass is 19.2. The quantitative estimate of drug-likeness (QED) is 0.401. The van der Waals surface area contributed by atoms with Gasteiger partial charge >= 0.3 is 0 Å². The fourth-order valence-electron chi connectivity index (χ4n) is 4.04. The van der Waals surface area contributed by atoms with E-state index in [-0.39, 0.29) is 17.8 Å². The summed E-state index contributed by atoms with van der Waals surface area (Å²) < 4.78 is 55.3. The predicted octanol–water partition coefficient (Wildman–Crippen LogP) is 7.15. The van der Waals surface area contributed by atoms with E-state index < -0.39 is 17.5 Å². The minimum absolute atomic E-state index is 0.0474. The summed E-state index contributed by atoms with van der Waals surface area (Å²) in [6, 6.07) is 7.68. The highest BCUT2D eigenvalue weighted by Crippen LogP contribution is 2.34. The van der Waals surface area contributed by atoms with Gasteiger partial charge in [-0.2, -0.15) is 0 Å². The highest BCUT2D eigenvalue weighted by molar-refractivity contribution is 5.65. The van der Waals surface area contributed by atoms with E-state index in [1.165, 1.54) is 6.07 Å². The summed E-state index contributed by atoms with van der Waals surface area (Å²) in [6.45, 7) is 5.10. The van der Waals surface area contributed by atoms with Crippen LogP contribution < -0.4 is 0 Å². The summed E-state index contributed by atoms with van der Waals surface area (Å²) in [4.78, 5) is 0. The van der Waals surface area contributed by atoms with Gasteiger partial charge in [-0.25, -0.2) is 13.2 Å². The first-order chi connectivity index (χ1) is 14.5. The first kappa shape index (κ1) is 22.8. The first-order valence-corrected chi connectivity index (χ1v) is 11.0. The molecule has 0 amide bonds. The van der Waals surface area contributed by atoms with Crippen molar-refractivity contribution in [3.8, 4) is 11.1 Å². The molecule has 1 aliphatic rings. The van der Waals surface area contributed by atoms with Crippen LogP contribution in [0.4, 0.5) is 13.2 Å². The molecule has 164 valence electrons. The van der Waals surface area contributed by atoms with Gasteiger partial charge in [-0.05, 0) is 49.8 Å². The molecule has 2 atom stereocenters. The Morgan fingerprint density at radius 1 is 0.967 bits per heavy atom. The Balaban J connectivity index is 1.72. The predicted molar refractivity (Wildman–Crippen MR) is 113 cm³/mol. The Morgan fingerprint density at radius 3 is 2.47 bits per heavy atom. The zero-order valence-corrected chi connectivity index (χ0v) is 17.9. The molecule has 0 N–H and O–H groups in total. The molecule has 1 aliphatic heterocycles. The van der Waals surface area contributed by atoms with Gasteiger partial charge in [0.15, 0.2) is 11.6 Å². The average molecular weight is 421 g/mol. The molecule has 0 radical (unpaired) electrons. The van der Waals surface area contributed by atoms with Crippen molar-refractivity contribution in [2.45, 2.75) is 71.0 Å². The molecule has 2 aromatic carbocycles. The van der Waals surface area contributed by atoms with Crippen molar-refractivity contribution in [1.82, 2.24) is 0 Å². The molecule has 0 spiro atoms. The third-order valence-electron chi connectivity index (χ3n) is 5.76. The number of unbranched alkanes of at least 4 members (excludes halogenated alkanes) is 3. The summed E-state index contributed by atoms with van der Waals surface area (Å²) >= 11 is 0. The van der Waals surface area contributed by atoms with E-state index in [9.17, 15) is 13.2 Å². The summed E-state index contributed by atoms with van der Waals surface area (Å²) in [7, 11) is 0. The zero-order chi connectivity index (χ0) is 21.5. The van der Waals surface area contributed by atoms with Crippen molar-refractivity contribution in [3.05, 3.63) is 58.9 Å². The first-order valence-electron chi connectivity index (χ1n) is 11.0. The van der Waals surface area contributed by atoms with E-state index in [2.05, 4.69) is 6.92 Å². The lowest BCUT2D eigenvalue weighted by atomic mass is 9.95. The lowest BCUT2D eigenvalue weighted by molar-refractivity contribution is -0.0849. The van der Waals surface area contributed by atoms with Crippen LogP contribution in [0.3, 0.4) is 0 Å². The van der Waals surface area contributed by atoms with E-state index in [1.54, 1.807) is 24.3 Å². The third kappa shape index (κ3) is 5.44. The fraction of sp³-hybridized carbons (Fsp3) is 0.520. The number of benzene rings is 2. The van der Waals surface area contributed by atoms with Gasteiger partial charge in [0.1, 0.15) is 5.82 Å². The largest absolute Gasteiger partial charge is 0.376 e. The van der Waals surface area contributed by atoms with Gasteiger partial charge in [0.05, 0.1) is 18.8 Å². The van der Waals surface area contributed by atoms with E-state index in [0.717, 1.165) is 32.1 Å². The second kappa shape index (κ2) is 11.0. The number of rotatable bonds is 9. The minimum Gasteiger partial charge on any atom is -0.376 e. The number of aryl methyl sites for hydroxylation is 1. The molecule has 0 aliphatic carbocycles. The fourth-order valence-corrected chi connectivity index (χ4v) is 4.04. The molecule has 3 rings (SSSR count). The average Bonchev–Trinajstić information content (AvgIpc) is 2.75. The standard InChI is InChI=1S/C25H31F3O2/c1-3-5-6-7-8-17-9-12-20(25(28)24(17)27)18-10-13-21(22(26)15-18)23-14-11-19(16-30-23)29-4-2/h9-10,12-13,15,19,23H,3-8,11,14,16H2,1-2H3. The molecule has 0 aromatic heterocycles. The van der Waals surface area contributed by atoms with Crippen molar-refractivity contribution >= 4 is 0 Å². The number of hydrogen-bond acceptors (Lipinski definition) is 2. The van der Waals surface area contributed by atoms with Crippen LogP contribution in [0.5, 0.6) is 0 Å². The van der Waals surface area contributed by atoms with Crippen molar-refractivity contribution in [1.29, 1.82) is 0 Å². The van der Waals surface area contributed by atoms with E-state index in [1.807, 2.05) is 6.92 Å². The van der Waals surface area contributed by atoms with Crippen molar-refractivity contribution < 1.29 is 22.6 Å². The smallest absolute Gasteiger partial charge is 0.166 e. The molecule has 1 saturated heterocycles. The van der Waals surface area contributed by atoms with Crippen LogP contribution in [0.1, 0.15) is 69.6 Å². The SMILES string of the molecule is CCCCCCc1ccc(-c2ccc(C3CCC(OCC)CO3)c(F)c2)c(F)c1F. The Bertz CT molecular complexity index is 829. The normalized spacial score (nSPS) is 19.2. The van der Waals surface area contributed by atoms with Crippen LogP contribution >= 0.6 is 0 Å². The van der Waals surface area contributed by atoms with Gasteiger partial charge in [0.2, 0.25) is 0 Å². The van der Waals surface area contributed by atoms with Gasteiger partial charge in [-0.3, -0.25) is 0 Å².